The molecule has 1 aliphatic heterocycles. The van der Waals surface area contributed by atoms with Crippen molar-refractivity contribution in [2.24, 2.45) is 0 Å². The summed E-state index contributed by atoms with van der Waals surface area (Å²) in [5.41, 5.74) is 5.71. The van der Waals surface area contributed by atoms with Crippen LogP contribution in [0.3, 0.4) is 0 Å². The zero-order chi connectivity index (χ0) is 37.0. The van der Waals surface area contributed by atoms with Crippen LogP contribution in [0.5, 0.6) is 23.1 Å². The third-order valence-electron chi connectivity index (χ3n) is 8.77. The van der Waals surface area contributed by atoms with Crippen molar-refractivity contribution in [3.63, 3.8) is 0 Å². The number of nitrogens with zero attached hydrogens (tertiary/aromatic N) is 5. The maximum atomic E-state index is 13.1. The Hall–Kier alpha value is -5.11. The van der Waals surface area contributed by atoms with Gasteiger partial charge in [0.2, 0.25) is 11.8 Å². The minimum Gasteiger partial charge on any atom is -0.492 e. The number of halogens is 3. The van der Waals surface area contributed by atoms with E-state index in [2.05, 4.69) is 45.2 Å². The minimum absolute atomic E-state index is 0. The molecule has 0 aliphatic carbocycles. The van der Waals surface area contributed by atoms with Gasteiger partial charge in [-0.05, 0) is 96.1 Å². The topological polar surface area (TPSA) is 101 Å². The highest BCUT2D eigenvalue weighted by molar-refractivity contribution is 6.32. The third-order valence-corrected chi connectivity index (χ3v) is 9.27. The first-order valence-electron chi connectivity index (χ1n) is 17.4. The molecule has 278 valence electrons. The lowest BCUT2D eigenvalue weighted by Gasteiger charge is -2.34. The summed E-state index contributed by atoms with van der Waals surface area (Å²) in [6, 6.07) is 28.8. The molecule has 0 atom stereocenters. The highest BCUT2D eigenvalue weighted by Crippen LogP contribution is 2.34. The van der Waals surface area contributed by atoms with Crippen LogP contribution in [0, 0.1) is 18.3 Å². The summed E-state index contributed by atoms with van der Waals surface area (Å²) >= 11 is 12.4. The van der Waals surface area contributed by atoms with Crippen molar-refractivity contribution in [1.82, 2.24) is 19.8 Å². The molecule has 1 saturated heterocycles. The zero-order valence-electron chi connectivity index (χ0n) is 29.8. The summed E-state index contributed by atoms with van der Waals surface area (Å²) in [6.07, 6.45) is 8.47. The van der Waals surface area contributed by atoms with Crippen LogP contribution >= 0.6 is 35.6 Å². The van der Waals surface area contributed by atoms with Crippen molar-refractivity contribution in [3.8, 4) is 29.2 Å². The molecule has 5 aromatic rings. The van der Waals surface area contributed by atoms with E-state index in [-0.39, 0.29) is 18.3 Å². The van der Waals surface area contributed by atoms with Gasteiger partial charge in [0.25, 0.3) is 0 Å². The Morgan fingerprint density at radius 1 is 0.852 bits per heavy atom. The molecule has 0 saturated carbocycles. The molecule has 12 heteroatoms. The van der Waals surface area contributed by atoms with Crippen LogP contribution in [-0.2, 0) is 24.4 Å². The van der Waals surface area contributed by atoms with E-state index in [1.807, 2.05) is 36.1 Å². The first-order valence-corrected chi connectivity index (χ1v) is 18.1. The fourth-order valence-corrected chi connectivity index (χ4v) is 6.25. The number of nitriles is 1. The van der Waals surface area contributed by atoms with Crippen LogP contribution < -0.4 is 14.2 Å². The highest BCUT2D eigenvalue weighted by atomic mass is 35.5. The van der Waals surface area contributed by atoms with Gasteiger partial charge in [0.1, 0.15) is 23.3 Å². The summed E-state index contributed by atoms with van der Waals surface area (Å²) in [4.78, 5) is 25.7. The van der Waals surface area contributed by atoms with Gasteiger partial charge >= 0.3 is 0 Å². The van der Waals surface area contributed by atoms with E-state index >= 15 is 0 Å². The summed E-state index contributed by atoms with van der Waals surface area (Å²) < 4.78 is 17.6. The second-order valence-electron chi connectivity index (χ2n) is 12.7. The van der Waals surface area contributed by atoms with E-state index in [4.69, 9.17) is 42.7 Å². The summed E-state index contributed by atoms with van der Waals surface area (Å²) in [6.45, 7) is 6.69. The maximum absolute atomic E-state index is 13.1. The lowest BCUT2D eigenvalue weighted by atomic mass is 10.1. The number of hydrogen-bond donors (Lipinski definition) is 0. The van der Waals surface area contributed by atoms with E-state index in [1.54, 1.807) is 60.9 Å². The van der Waals surface area contributed by atoms with Gasteiger partial charge in [0.15, 0.2) is 5.75 Å². The fourth-order valence-electron chi connectivity index (χ4n) is 5.82. The van der Waals surface area contributed by atoms with Gasteiger partial charge in [-0.3, -0.25) is 9.69 Å². The molecule has 9 nitrogen and oxygen atoms in total. The van der Waals surface area contributed by atoms with Crippen LogP contribution in [0.4, 0.5) is 0 Å². The summed E-state index contributed by atoms with van der Waals surface area (Å²) in [7, 11) is 0. The van der Waals surface area contributed by atoms with Gasteiger partial charge in [0, 0.05) is 44.9 Å². The standard InChI is InChI=1S/C42H39Cl2N5O4.ClH/c1-30-23-35(24-38(43)42(30)53-40-16-14-37(27-47-40)52-29-34-10-6-32(25-45)7-11-34)12-17-41(50)49-20-18-48(19-21-49)28-33-8-4-31(5-9-33)3-2-22-51-36-13-15-39(44)46-26-36;/h4-17,23-24,26-27H,2-3,18-22,28-29H2,1H3;1H. The number of ether oxygens (including phenoxy) is 3. The van der Waals surface area contributed by atoms with Gasteiger partial charge in [-0.1, -0.05) is 59.6 Å². The average Bonchev–Trinajstić information content (AvgIpc) is 3.18. The molecule has 3 heterocycles. The first kappa shape index (κ1) is 40.1. The van der Waals surface area contributed by atoms with E-state index in [9.17, 15) is 4.79 Å². The molecule has 0 spiro atoms. The van der Waals surface area contributed by atoms with Crippen LogP contribution in [-0.4, -0.2) is 58.5 Å². The fraction of sp³-hybridized carbons (Fsp3) is 0.238. The van der Waals surface area contributed by atoms with Crippen molar-refractivity contribution < 1.29 is 19.0 Å². The summed E-state index contributed by atoms with van der Waals surface area (Å²) in [5.74, 6) is 2.16. The number of piperazine rings is 1. The van der Waals surface area contributed by atoms with Gasteiger partial charge in [-0.2, -0.15) is 5.26 Å². The van der Waals surface area contributed by atoms with Crippen LogP contribution in [0.15, 0.2) is 103 Å². The molecule has 1 aliphatic rings. The van der Waals surface area contributed by atoms with E-state index in [1.165, 1.54) is 11.1 Å². The lowest BCUT2D eigenvalue weighted by molar-refractivity contribution is -0.127. The Bertz CT molecular complexity index is 2020. The van der Waals surface area contributed by atoms with E-state index < -0.39 is 0 Å². The quantitative estimate of drug-likeness (QED) is 0.0625. The van der Waals surface area contributed by atoms with Crippen LogP contribution in [0.25, 0.3) is 6.08 Å². The van der Waals surface area contributed by atoms with Crippen molar-refractivity contribution in [2.75, 3.05) is 32.8 Å². The Kier molecular flexibility index (Phi) is 14.7. The normalized spacial score (nSPS) is 12.9. The molecule has 0 bridgehead atoms. The number of aryl methyl sites for hydroxylation is 2. The second kappa shape index (κ2) is 19.8. The number of amides is 1. The number of pyridine rings is 2. The predicted molar refractivity (Wildman–Crippen MR) is 214 cm³/mol. The number of benzene rings is 3. The molecule has 54 heavy (non-hydrogen) atoms. The molecular formula is C42H40Cl3N5O4. The number of carbonyl (C=O) groups excluding carboxylic acids is 1. The number of carbonyl (C=O) groups is 1. The molecule has 1 fully saturated rings. The molecule has 0 N–H and O–H groups in total. The monoisotopic (exact) mass is 783 g/mol. The SMILES string of the molecule is Cc1cc(C=CC(=O)N2CCN(Cc3ccc(CCCOc4ccc(Cl)nc4)cc3)CC2)cc(Cl)c1Oc1ccc(OCc2ccc(C#N)cc2)cn1.Cl. The van der Waals surface area contributed by atoms with Gasteiger partial charge in [-0.25, -0.2) is 9.97 Å². The number of rotatable bonds is 14. The Morgan fingerprint density at radius 2 is 1.54 bits per heavy atom. The van der Waals surface area contributed by atoms with Gasteiger partial charge < -0.3 is 19.1 Å². The number of hydrogen-bond acceptors (Lipinski definition) is 8. The molecular weight excluding hydrogens is 745 g/mol. The van der Waals surface area contributed by atoms with Gasteiger partial charge in [-0.15, -0.1) is 12.4 Å². The largest absolute Gasteiger partial charge is 0.492 e. The first-order chi connectivity index (χ1) is 25.8. The van der Waals surface area contributed by atoms with Gasteiger partial charge in [0.05, 0.1) is 35.7 Å². The van der Waals surface area contributed by atoms with Crippen molar-refractivity contribution in [3.05, 3.63) is 147 Å². The highest BCUT2D eigenvalue weighted by Gasteiger charge is 2.20. The molecule has 2 aromatic heterocycles. The summed E-state index contributed by atoms with van der Waals surface area (Å²) in [5, 5.41) is 9.83. The molecule has 3 aromatic carbocycles. The van der Waals surface area contributed by atoms with E-state index in [0.717, 1.165) is 54.9 Å². The smallest absolute Gasteiger partial charge is 0.246 e. The molecule has 6 rings (SSSR count). The number of aromatic nitrogens is 2. The maximum Gasteiger partial charge on any atom is 0.246 e. The Balaban J connectivity index is 0.00000561. The molecule has 0 unspecified atom stereocenters. The van der Waals surface area contributed by atoms with Crippen molar-refractivity contribution in [2.45, 2.75) is 32.9 Å². The molecule has 0 radical (unpaired) electrons. The Morgan fingerprint density at radius 3 is 2.20 bits per heavy atom. The second-order valence-corrected chi connectivity index (χ2v) is 13.5. The lowest BCUT2D eigenvalue weighted by Crippen LogP contribution is -2.47. The van der Waals surface area contributed by atoms with Crippen LogP contribution in [0.1, 0.15) is 39.8 Å². The van der Waals surface area contributed by atoms with Crippen molar-refractivity contribution in [1.29, 1.82) is 5.26 Å². The minimum atomic E-state index is -0.0231. The predicted octanol–water partition coefficient (Wildman–Crippen LogP) is 9.13. The third kappa shape index (κ3) is 11.7. The van der Waals surface area contributed by atoms with E-state index in [0.29, 0.717) is 59.4 Å². The van der Waals surface area contributed by atoms with Crippen LogP contribution in [0.2, 0.25) is 10.2 Å². The molecule has 1 amide bonds. The average molecular weight is 785 g/mol. The van der Waals surface area contributed by atoms with Crippen molar-refractivity contribution >= 4 is 47.6 Å². The zero-order valence-corrected chi connectivity index (χ0v) is 32.1. The Labute approximate surface area is 332 Å².